The number of aromatic carboxylic acids is 1. The predicted molar refractivity (Wildman–Crippen MR) is 64.9 cm³/mol. The van der Waals surface area contributed by atoms with Gasteiger partial charge in [-0.1, -0.05) is 29.3 Å². The third kappa shape index (κ3) is 2.81. The smallest absolute Gasteiger partial charge is 0.371 e. The minimum atomic E-state index is -1.08. The van der Waals surface area contributed by atoms with E-state index in [2.05, 4.69) is 0 Å². The van der Waals surface area contributed by atoms with Gasteiger partial charge in [-0.25, -0.2) is 4.79 Å². The van der Waals surface area contributed by atoms with Gasteiger partial charge in [-0.2, -0.15) is 0 Å². The lowest BCUT2D eigenvalue weighted by molar-refractivity contribution is 0.0660. The Bertz CT molecular complexity index is 561. The van der Waals surface area contributed by atoms with Gasteiger partial charge in [-0.3, -0.25) is 0 Å². The van der Waals surface area contributed by atoms with Crippen LogP contribution in [0.15, 0.2) is 34.7 Å². The molecular weight excluding hydrogens is 263 g/mol. The topological polar surface area (TPSA) is 50.4 Å². The molecule has 1 aromatic carbocycles. The highest BCUT2D eigenvalue weighted by atomic mass is 35.5. The standard InChI is InChI=1S/C12H8Cl2O3/c13-9-3-1-7(6-10(9)14)5-8-2-4-11(17-8)12(15)16/h1-4,6H,5H2,(H,15,16). The van der Waals surface area contributed by atoms with Crippen LogP contribution in [0.5, 0.6) is 0 Å². The van der Waals surface area contributed by atoms with Gasteiger partial charge in [0.2, 0.25) is 5.76 Å². The van der Waals surface area contributed by atoms with E-state index in [4.69, 9.17) is 32.7 Å². The third-order valence-electron chi connectivity index (χ3n) is 2.23. The molecule has 0 spiro atoms. The minimum absolute atomic E-state index is 0.0694. The van der Waals surface area contributed by atoms with E-state index < -0.39 is 5.97 Å². The Balaban J connectivity index is 2.19. The molecule has 0 saturated carbocycles. The average molecular weight is 271 g/mol. The van der Waals surface area contributed by atoms with Crippen LogP contribution in [0.25, 0.3) is 0 Å². The Hall–Kier alpha value is -1.45. The van der Waals surface area contributed by atoms with E-state index in [-0.39, 0.29) is 5.76 Å². The Morgan fingerprint density at radius 2 is 1.94 bits per heavy atom. The summed E-state index contributed by atoms with van der Waals surface area (Å²) in [5, 5.41) is 9.67. The van der Waals surface area contributed by atoms with Crippen LogP contribution in [-0.4, -0.2) is 11.1 Å². The molecule has 17 heavy (non-hydrogen) atoms. The summed E-state index contributed by atoms with van der Waals surface area (Å²) >= 11 is 11.7. The molecule has 0 bridgehead atoms. The summed E-state index contributed by atoms with van der Waals surface area (Å²) in [5.41, 5.74) is 0.908. The van der Waals surface area contributed by atoms with Crippen LogP contribution < -0.4 is 0 Å². The largest absolute Gasteiger partial charge is 0.475 e. The fourth-order valence-corrected chi connectivity index (χ4v) is 1.76. The summed E-state index contributed by atoms with van der Waals surface area (Å²) in [6, 6.07) is 8.30. The quantitative estimate of drug-likeness (QED) is 0.921. The molecule has 0 aliphatic carbocycles. The molecule has 0 radical (unpaired) electrons. The van der Waals surface area contributed by atoms with Crippen LogP contribution in [0.4, 0.5) is 0 Å². The molecule has 2 aromatic rings. The van der Waals surface area contributed by atoms with Gasteiger partial charge in [0.05, 0.1) is 10.0 Å². The van der Waals surface area contributed by atoms with E-state index in [9.17, 15) is 4.79 Å². The number of carboxylic acid groups (broad SMARTS) is 1. The second kappa shape index (κ2) is 4.82. The average Bonchev–Trinajstić information content (AvgIpc) is 2.72. The van der Waals surface area contributed by atoms with Gasteiger partial charge in [0.25, 0.3) is 0 Å². The van der Waals surface area contributed by atoms with Crippen LogP contribution >= 0.6 is 23.2 Å². The highest BCUT2D eigenvalue weighted by molar-refractivity contribution is 6.42. The number of benzene rings is 1. The van der Waals surface area contributed by atoms with Gasteiger partial charge in [-0.05, 0) is 29.8 Å². The van der Waals surface area contributed by atoms with Crippen molar-refractivity contribution in [1.29, 1.82) is 0 Å². The Kier molecular flexibility index (Phi) is 3.41. The zero-order chi connectivity index (χ0) is 12.4. The van der Waals surface area contributed by atoms with Gasteiger partial charge in [-0.15, -0.1) is 0 Å². The molecule has 0 atom stereocenters. The van der Waals surface area contributed by atoms with Crippen LogP contribution in [-0.2, 0) is 6.42 Å². The van der Waals surface area contributed by atoms with Crippen molar-refractivity contribution in [3.05, 3.63) is 57.5 Å². The fraction of sp³-hybridized carbons (Fsp3) is 0.0833. The van der Waals surface area contributed by atoms with Gasteiger partial charge < -0.3 is 9.52 Å². The van der Waals surface area contributed by atoms with Gasteiger partial charge in [0.1, 0.15) is 5.76 Å². The first-order valence-electron chi connectivity index (χ1n) is 4.82. The maximum absolute atomic E-state index is 10.6. The first kappa shape index (κ1) is 12.0. The maximum atomic E-state index is 10.6. The lowest BCUT2D eigenvalue weighted by Crippen LogP contribution is -1.92. The first-order valence-corrected chi connectivity index (χ1v) is 5.58. The summed E-state index contributed by atoms with van der Waals surface area (Å²) in [6.45, 7) is 0. The Morgan fingerprint density at radius 1 is 1.18 bits per heavy atom. The zero-order valence-electron chi connectivity index (χ0n) is 8.61. The van der Waals surface area contributed by atoms with Crippen LogP contribution in [0.3, 0.4) is 0 Å². The van der Waals surface area contributed by atoms with E-state index in [1.807, 2.05) is 6.07 Å². The summed E-state index contributed by atoms with van der Waals surface area (Å²) in [5.74, 6) is -0.578. The maximum Gasteiger partial charge on any atom is 0.371 e. The van der Waals surface area contributed by atoms with Crippen LogP contribution in [0.1, 0.15) is 21.9 Å². The number of furan rings is 1. The number of hydrogen-bond donors (Lipinski definition) is 1. The molecule has 0 aliphatic heterocycles. The molecule has 2 rings (SSSR count). The van der Waals surface area contributed by atoms with E-state index in [1.165, 1.54) is 6.07 Å². The summed E-state index contributed by atoms with van der Waals surface area (Å²) < 4.78 is 5.14. The second-order valence-corrected chi connectivity index (χ2v) is 4.31. The molecule has 1 heterocycles. The molecular formula is C12H8Cl2O3. The van der Waals surface area contributed by atoms with Crippen molar-refractivity contribution < 1.29 is 14.3 Å². The molecule has 0 amide bonds. The van der Waals surface area contributed by atoms with E-state index in [0.717, 1.165) is 5.56 Å². The molecule has 0 aliphatic rings. The van der Waals surface area contributed by atoms with Gasteiger partial charge in [0.15, 0.2) is 0 Å². The number of carbonyl (C=O) groups is 1. The van der Waals surface area contributed by atoms with E-state index in [1.54, 1.807) is 18.2 Å². The summed E-state index contributed by atoms with van der Waals surface area (Å²) in [4.78, 5) is 10.6. The van der Waals surface area contributed by atoms with E-state index >= 15 is 0 Å². The van der Waals surface area contributed by atoms with Crippen molar-refractivity contribution in [2.24, 2.45) is 0 Å². The van der Waals surface area contributed by atoms with Crippen molar-refractivity contribution >= 4 is 29.2 Å². The molecule has 1 N–H and O–H groups in total. The number of carboxylic acids is 1. The monoisotopic (exact) mass is 270 g/mol. The molecule has 5 heteroatoms. The van der Waals surface area contributed by atoms with E-state index in [0.29, 0.717) is 22.2 Å². The van der Waals surface area contributed by atoms with Crippen molar-refractivity contribution in [2.45, 2.75) is 6.42 Å². The van der Waals surface area contributed by atoms with Crippen molar-refractivity contribution in [3.63, 3.8) is 0 Å². The number of halogens is 2. The zero-order valence-corrected chi connectivity index (χ0v) is 10.1. The van der Waals surface area contributed by atoms with Gasteiger partial charge >= 0.3 is 5.97 Å². The normalized spacial score (nSPS) is 10.5. The van der Waals surface area contributed by atoms with Crippen molar-refractivity contribution in [1.82, 2.24) is 0 Å². The second-order valence-electron chi connectivity index (χ2n) is 3.50. The van der Waals surface area contributed by atoms with Crippen molar-refractivity contribution in [3.8, 4) is 0 Å². The Labute approximate surface area is 108 Å². The molecule has 0 fully saturated rings. The van der Waals surface area contributed by atoms with Crippen molar-refractivity contribution in [2.75, 3.05) is 0 Å². The van der Waals surface area contributed by atoms with Crippen LogP contribution in [0.2, 0.25) is 10.0 Å². The van der Waals surface area contributed by atoms with Crippen LogP contribution in [0, 0.1) is 0 Å². The Morgan fingerprint density at radius 3 is 2.53 bits per heavy atom. The fourth-order valence-electron chi connectivity index (χ4n) is 1.44. The SMILES string of the molecule is O=C(O)c1ccc(Cc2ccc(Cl)c(Cl)c2)o1. The third-order valence-corrected chi connectivity index (χ3v) is 2.97. The molecule has 0 saturated heterocycles. The lowest BCUT2D eigenvalue weighted by atomic mass is 10.1. The predicted octanol–water partition coefficient (Wildman–Crippen LogP) is 3.88. The minimum Gasteiger partial charge on any atom is -0.475 e. The highest BCUT2D eigenvalue weighted by Crippen LogP contribution is 2.24. The molecule has 1 aromatic heterocycles. The first-order chi connectivity index (χ1) is 8.06. The number of hydrogen-bond acceptors (Lipinski definition) is 2. The molecule has 0 unspecified atom stereocenters. The molecule has 88 valence electrons. The molecule has 3 nitrogen and oxygen atoms in total. The van der Waals surface area contributed by atoms with Gasteiger partial charge in [0, 0.05) is 6.42 Å². The summed E-state index contributed by atoms with van der Waals surface area (Å²) in [7, 11) is 0. The summed E-state index contributed by atoms with van der Waals surface area (Å²) in [6.07, 6.45) is 0.476. The lowest BCUT2D eigenvalue weighted by Gasteiger charge is -2.00. The highest BCUT2D eigenvalue weighted by Gasteiger charge is 2.09. The number of rotatable bonds is 3.